The van der Waals surface area contributed by atoms with Crippen molar-refractivity contribution in [1.29, 1.82) is 0 Å². The Morgan fingerprint density at radius 3 is 2.61 bits per heavy atom. The molecule has 1 atom stereocenters. The molecule has 2 aromatic rings. The first-order valence-electron chi connectivity index (χ1n) is 6.33. The van der Waals surface area contributed by atoms with Crippen LogP contribution in [0.3, 0.4) is 0 Å². The van der Waals surface area contributed by atoms with E-state index >= 15 is 0 Å². The molecule has 96 valence electrons. The van der Waals surface area contributed by atoms with Gasteiger partial charge >= 0.3 is 0 Å². The third-order valence-electron chi connectivity index (χ3n) is 3.19. The van der Waals surface area contributed by atoms with Crippen LogP contribution in [0.1, 0.15) is 24.6 Å². The maximum absolute atomic E-state index is 12.8. The molecule has 1 aromatic heterocycles. The number of halogens is 1. The Kier molecular flexibility index (Phi) is 4.15. The van der Waals surface area contributed by atoms with Crippen molar-refractivity contribution >= 4 is 0 Å². The molecule has 0 spiro atoms. The van der Waals surface area contributed by atoms with E-state index in [1.165, 1.54) is 17.8 Å². The second-order valence-electron chi connectivity index (χ2n) is 4.63. The fourth-order valence-corrected chi connectivity index (χ4v) is 1.99. The highest BCUT2D eigenvalue weighted by atomic mass is 19.1. The zero-order valence-corrected chi connectivity index (χ0v) is 10.6. The van der Waals surface area contributed by atoms with Crippen LogP contribution < -0.4 is 5.73 Å². The monoisotopic (exact) mass is 246 g/mol. The molecule has 2 N–H and O–H groups in total. The second-order valence-corrected chi connectivity index (χ2v) is 4.63. The van der Waals surface area contributed by atoms with Crippen molar-refractivity contribution in [3.05, 3.63) is 59.7 Å². The van der Waals surface area contributed by atoms with E-state index in [0.29, 0.717) is 0 Å². The van der Waals surface area contributed by atoms with E-state index in [1.807, 2.05) is 24.4 Å². The molecule has 0 aliphatic carbocycles. The first kappa shape index (κ1) is 12.8. The Balaban J connectivity index is 2.09. The van der Waals surface area contributed by atoms with E-state index < -0.39 is 0 Å². The van der Waals surface area contributed by atoms with Gasteiger partial charge in [0.25, 0.3) is 0 Å². The van der Waals surface area contributed by atoms with Gasteiger partial charge in [0.15, 0.2) is 0 Å². The van der Waals surface area contributed by atoms with Crippen molar-refractivity contribution in [3.63, 3.8) is 0 Å². The number of nitrogens with two attached hydrogens (primary N) is 1. The molecule has 0 bridgehead atoms. The first-order chi connectivity index (χ1) is 8.69. The molecule has 0 saturated heterocycles. The average Bonchev–Trinajstić information content (AvgIpc) is 2.79. The summed E-state index contributed by atoms with van der Waals surface area (Å²) in [5.41, 5.74) is 8.31. The fourth-order valence-electron chi connectivity index (χ4n) is 1.99. The summed E-state index contributed by atoms with van der Waals surface area (Å²) in [6.07, 6.45) is 3.90. The topological polar surface area (TPSA) is 30.9 Å². The standard InChI is InChI=1S/C15H19FN2/c1-2-14(17)10-15-4-3-9-18(15)11-12-5-7-13(16)8-6-12/h3-9,14H,2,10-11,17H2,1H3. The van der Waals surface area contributed by atoms with Crippen molar-refractivity contribution < 1.29 is 4.39 Å². The highest BCUT2D eigenvalue weighted by Gasteiger charge is 2.06. The van der Waals surface area contributed by atoms with Gasteiger partial charge in [-0.1, -0.05) is 19.1 Å². The quantitative estimate of drug-likeness (QED) is 0.864. The van der Waals surface area contributed by atoms with Gasteiger partial charge in [0.05, 0.1) is 0 Å². The number of benzene rings is 1. The largest absolute Gasteiger partial charge is 0.347 e. The molecule has 1 unspecified atom stereocenters. The van der Waals surface area contributed by atoms with Crippen LogP contribution in [0.15, 0.2) is 42.6 Å². The predicted octanol–water partition coefficient (Wildman–Crippen LogP) is 2.96. The lowest BCUT2D eigenvalue weighted by atomic mass is 10.1. The van der Waals surface area contributed by atoms with Gasteiger partial charge < -0.3 is 10.3 Å². The van der Waals surface area contributed by atoms with E-state index in [9.17, 15) is 4.39 Å². The van der Waals surface area contributed by atoms with Gasteiger partial charge in [0.1, 0.15) is 5.82 Å². The van der Waals surface area contributed by atoms with Crippen LogP contribution in [0.2, 0.25) is 0 Å². The van der Waals surface area contributed by atoms with E-state index in [0.717, 1.165) is 24.9 Å². The summed E-state index contributed by atoms with van der Waals surface area (Å²) >= 11 is 0. The van der Waals surface area contributed by atoms with Crippen LogP contribution in [-0.2, 0) is 13.0 Å². The maximum Gasteiger partial charge on any atom is 0.123 e. The normalized spacial score (nSPS) is 12.6. The van der Waals surface area contributed by atoms with Crippen molar-refractivity contribution in [2.75, 3.05) is 0 Å². The lowest BCUT2D eigenvalue weighted by Gasteiger charge is -2.13. The molecule has 0 amide bonds. The summed E-state index contributed by atoms with van der Waals surface area (Å²) in [5.74, 6) is -0.195. The zero-order valence-electron chi connectivity index (χ0n) is 10.6. The molecule has 1 aromatic carbocycles. The minimum absolute atomic E-state index is 0.195. The molecular formula is C15H19FN2. The molecule has 0 aliphatic heterocycles. The smallest absolute Gasteiger partial charge is 0.123 e. The van der Waals surface area contributed by atoms with Crippen molar-refractivity contribution in [2.45, 2.75) is 32.4 Å². The first-order valence-corrected chi connectivity index (χ1v) is 6.33. The molecule has 0 aliphatic rings. The summed E-state index contributed by atoms with van der Waals surface area (Å²) in [4.78, 5) is 0. The van der Waals surface area contributed by atoms with E-state index in [4.69, 9.17) is 5.73 Å². The second kappa shape index (κ2) is 5.83. The summed E-state index contributed by atoms with van der Waals surface area (Å²) < 4.78 is 15.0. The Labute approximate surface area is 107 Å². The highest BCUT2D eigenvalue weighted by Crippen LogP contribution is 2.11. The number of rotatable bonds is 5. The lowest BCUT2D eigenvalue weighted by Crippen LogP contribution is -2.23. The van der Waals surface area contributed by atoms with Crippen LogP contribution in [-0.4, -0.2) is 10.6 Å². The van der Waals surface area contributed by atoms with Crippen LogP contribution in [0.25, 0.3) is 0 Å². The van der Waals surface area contributed by atoms with Gasteiger partial charge in [-0.05, 0) is 36.2 Å². The molecule has 0 fully saturated rings. The third kappa shape index (κ3) is 3.20. The Hall–Kier alpha value is -1.61. The minimum atomic E-state index is -0.195. The van der Waals surface area contributed by atoms with Gasteiger partial charge in [0, 0.05) is 30.9 Å². The summed E-state index contributed by atoms with van der Waals surface area (Å²) in [7, 11) is 0. The Bertz CT molecular complexity index is 487. The number of aromatic nitrogens is 1. The predicted molar refractivity (Wildman–Crippen MR) is 71.9 cm³/mol. The molecule has 0 saturated carbocycles. The molecule has 2 rings (SSSR count). The van der Waals surface area contributed by atoms with E-state index in [1.54, 1.807) is 0 Å². The number of nitrogens with zero attached hydrogens (tertiary/aromatic N) is 1. The highest BCUT2D eigenvalue weighted by molar-refractivity contribution is 5.19. The fraction of sp³-hybridized carbons (Fsp3) is 0.333. The Morgan fingerprint density at radius 2 is 1.94 bits per heavy atom. The van der Waals surface area contributed by atoms with Gasteiger partial charge in [0.2, 0.25) is 0 Å². The SMILES string of the molecule is CCC(N)Cc1cccn1Cc1ccc(F)cc1. The van der Waals surface area contributed by atoms with E-state index in [2.05, 4.69) is 17.6 Å². The van der Waals surface area contributed by atoms with Crippen LogP contribution in [0.5, 0.6) is 0 Å². The molecule has 0 radical (unpaired) electrons. The van der Waals surface area contributed by atoms with Crippen molar-refractivity contribution in [3.8, 4) is 0 Å². The third-order valence-corrected chi connectivity index (χ3v) is 3.19. The zero-order chi connectivity index (χ0) is 13.0. The number of hydrogen-bond acceptors (Lipinski definition) is 1. The van der Waals surface area contributed by atoms with Crippen LogP contribution >= 0.6 is 0 Å². The summed E-state index contributed by atoms with van der Waals surface area (Å²) in [6, 6.07) is 11.0. The molecule has 2 nitrogen and oxygen atoms in total. The Morgan fingerprint density at radius 1 is 1.22 bits per heavy atom. The average molecular weight is 246 g/mol. The molecule has 1 heterocycles. The molecule has 3 heteroatoms. The van der Waals surface area contributed by atoms with E-state index in [-0.39, 0.29) is 11.9 Å². The van der Waals surface area contributed by atoms with Gasteiger partial charge in [-0.25, -0.2) is 4.39 Å². The lowest BCUT2D eigenvalue weighted by molar-refractivity contribution is 0.608. The minimum Gasteiger partial charge on any atom is -0.347 e. The summed E-state index contributed by atoms with van der Waals surface area (Å²) in [5, 5.41) is 0. The van der Waals surface area contributed by atoms with Crippen molar-refractivity contribution in [1.82, 2.24) is 4.57 Å². The number of hydrogen-bond donors (Lipinski definition) is 1. The van der Waals surface area contributed by atoms with Crippen molar-refractivity contribution in [2.24, 2.45) is 5.73 Å². The van der Waals surface area contributed by atoms with Crippen LogP contribution in [0.4, 0.5) is 4.39 Å². The van der Waals surface area contributed by atoms with Gasteiger partial charge in [-0.15, -0.1) is 0 Å². The van der Waals surface area contributed by atoms with Gasteiger partial charge in [-0.3, -0.25) is 0 Å². The van der Waals surface area contributed by atoms with Gasteiger partial charge in [-0.2, -0.15) is 0 Å². The van der Waals surface area contributed by atoms with Crippen LogP contribution in [0, 0.1) is 5.82 Å². The summed E-state index contributed by atoms with van der Waals surface area (Å²) in [6.45, 7) is 2.86. The molecule has 18 heavy (non-hydrogen) atoms. The maximum atomic E-state index is 12.8. The molecular weight excluding hydrogens is 227 g/mol.